The van der Waals surface area contributed by atoms with Crippen molar-refractivity contribution in [3.8, 4) is 0 Å². The van der Waals surface area contributed by atoms with Crippen LogP contribution in [0.1, 0.15) is 36.8 Å². The standard InChI is InChI=1S/C20H27N3O2/c1-21-18(24)15-6-4-10-23(13-15)19(25)22-12-16-11-20(16)9-8-14-5-2-3-7-17(14)20/h2-3,5,7,15-16H,4,6,8-13H2,1H3,(H,21,24)(H,22,25). The maximum atomic E-state index is 12.5. The van der Waals surface area contributed by atoms with Crippen LogP contribution in [-0.2, 0) is 16.6 Å². The van der Waals surface area contributed by atoms with Crippen LogP contribution >= 0.6 is 0 Å². The normalized spacial score (nSPS) is 30.0. The molecule has 3 amide bonds. The molecule has 1 heterocycles. The molecule has 3 atom stereocenters. The minimum Gasteiger partial charge on any atom is -0.359 e. The van der Waals surface area contributed by atoms with Gasteiger partial charge in [-0.2, -0.15) is 0 Å². The highest BCUT2D eigenvalue weighted by molar-refractivity contribution is 5.80. The predicted octanol–water partition coefficient (Wildman–Crippen LogP) is 2.06. The summed E-state index contributed by atoms with van der Waals surface area (Å²) in [5, 5.41) is 5.83. The molecule has 2 N–H and O–H groups in total. The molecule has 5 heteroatoms. The molecule has 3 unspecified atom stereocenters. The number of urea groups is 1. The van der Waals surface area contributed by atoms with E-state index in [0.717, 1.165) is 25.9 Å². The summed E-state index contributed by atoms with van der Waals surface area (Å²) < 4.78 is 0. The zero-order valence-corrected chi connectivity index (χ0v) is 14.9. The average Bonchev–Trinajstić information content (AvgIpc) is 3.25. The lowest BCUT2D eigenvalue weighted by Crippen LogP contribution is -2.49. The number of hydrogen-bond acceptors (Lipinski definition) is 2. The molecule has 0 aromatic heterocycles. The van der Waals surface area contributed by atoms with E-state index in [1.807, 2.05) is 0 Å². The molecule has 1 aromatic carbocycles. The van der Waals surface area contributed by atoms with Gasteiger partial charge in [0.05, 0.1) is 5.92 Å². The van der Waals surface area contributed by atoms with Crippen molar-refractivity contribution in [2.24, 2.45) is 11.8 Å². The first kappa shape index (κ1) is 16.4. The molecule has 1 aliphatic heterocycles. The second-order valence-corrected chi connectivity index (χ2v) is 7.80. The van der Waals surface area contributed by atoms with E-state index in [1.54, 1.807) is 11.9 Å². The summed E-state index contributed by atoms with van der Waals surface area (Å²) in [6, 6.07) is 8.75. The van der Waals surface area contributed by atoms with Gasteiger partial charge < -0.3 is 15.5 Å². The summed E-state index contributed by atoms with van der Waals surface area (Å²) in [5.41, 5.74) is 3.31. The minimum absolute atomic E-state index is 0.0121. The van der Waals surface area contributed by atoms with E-state index in [1.165, 1.54) is 30.4 Å². The van der Waals surface area contributed by atoms with Gasteiger partial charge in [-0.3, -0.25) is 4.79 Å². The van der Waals surface area contributed by atoms with Crippen molar-refractivity contribution in [2.45, 2.75) is 37.5 Å². The molecule has 0 bridgehead atoms. The quantitative estimate of drug-likeness (QED) is 0.884. The van der Waals surface area contributed by atoms with Gasteiger partial charge in [0.1, 0.15) is 0 Å². The summed E-state index contributed by atoms with van der Waals surface area (Å²) in [4.78, 5) is 26.2. The fourth-order valence-electron chi connectivity index (χ4n) is 4.90. The predicted molar refractivity (Wildman–Crippen MR) is 96.3 cm³/mol. The molecular weight excluding hydrogens is 314 g/mol. The molecule has 25 heavy (non-hydrogen) atoms. The Bertz CT molecular complexity index is 689. The maximum Gasteiger partial charge on any atom is 0.317 e. The molecule has 2 aliphatic carbocycles. The van der Waals surface area contributed by atoms with Crippen molar-refractivity contribution in [3.05, 3.63) is 35.4 Å². The topological polar surface area (TPSA) is 61.4 Å². The number of benzene rings is 1. The van der Waals surface area contributed by atoms with E-state index in [0.29, 0.717) is 17.9 Å². The first-order chi connectivity index (χ1) is 12.1. The van der Waals surface area contributed by atoms with E-state index in [9.17, 15) is 9.59 Å². The number of likely N-dealkylation sites (tertiary alicyclic amines) is 1. The van der Waals surface area contributed by atoms with Gasteiger partial charge in [-0.1, -0.05) is 24.3 Å². The highest BCUT2D eigenvalue weighted by Crippen LogP contribution is 2.61. The number of carbonyl (C=O) groups is 2. The van der Waals surface area contributed by atoms with Crippen molar-refractivity contribution in [1.82, 2.24) is 15.5 Å². The van der Waals surface area contributed by atoms with E-state index in [2.05, 4.69) is 34.9 Å². The van der Waals surface area contributed by atoms with Crippen molar-refractivity contribution in [3.63, 3.8) is 0 Å². The van der Waals surface area contributed by atoms with E-state index in [4.69, 9.17) is 0 Å². The lowest BCUT2D eigenvalue weighted by molar-refractivity contribution is -0.125. The zero-order chi connectivity index (χ0) is 17.4. The van der Waals surface area contributed by atoms with Crippen LogP contribution in [0.5, 0.6) is 0 Å². The maximum absolute atomic E-state index is 12.5. The molecule has 4 rings (SSSR count). The summed E-state index contributed by atoms with van der Waals surface area (Å²) in [7, 11) is 1.66. The molecular formula is C20H27N3O2. The smallest absolute Gasteiger partial charge is 0.317 e. The van der Waals surface area contributed by atoms with Crippen LogP contribution in [0, 0.1) is 11.8 Å². The third kappa shape index (κ3) is 2.90. The first-order valence-electron chi connectivity index (χ1n) is 9.47. The summed E-state index contributed by atoms with van der Waals surface area (Å²) in [5.74, 6) is 0.527. The summed E-state index contributed by atoms with van der Waals surface area (Å²) in [6.07, 6.45) is 5.33. The van der Waals surface area contributed by atoms with Gasteiger partial charge in [0.2, 0.25) is 5.91 Å². The summed E-state index contributed by atoms with van der Waals surface area (Å²) >= 11 is 0. The zero-order valence-electron chi connectivity index (χ0n) is 14.9. The first-order valence-corrected chi connectivity index (χ1v) is 9.47. The van der Waals surface area contributed by atoms with Crippen molar-refractivity contribution in [1.29, 1.82) is 0 Å². The van der Waals surface area contributed by atoms with Crippen LogP contribution in [0.15, 0.2) is 24.3 Å². The van der Waals surface area contributed by atoms with Crippen molar-refractivity contribution < 1.29 is 9.59 Å². The van der Waals surface area contributed by atoms with Crippen molar-refractivity contribution >= 4 is 11.9 Å². The monoisotopic (exact) mass is 341 g/mol. The number of piperidine rings is 1. The van der Waals surface area contributed by atoms with Crippen LogP contribution in [0.3, 0.4) is 0 Å². The number of rotatable bonds is 3. The Hall–Kier alpha value is -2.04. The minimum atomic E-state index is -0.0709. The fourth-order valence-corrected chi connectivity index (χ4v) is 4.90. The van der Waals surface area contributed by atoms with Gasteiger partial charge >= 0.3 is 6.03 Å². The van der Waals surface area contributed by atoms with Gasteiger partial charge in [0, 0.05) is 32.1 Å². The third-order valence-electron chi connectivity index (χ3n) is 6.45. The molecule has 1 aromatic rings. The molecule has 0 radical (unpaired) electrons. The summed E-state index contributed by atoms with van der Waals surface area (Å²) in [6.45, 7) is 2.02. The van der Waals surface area contributed by atoms with E-state index in [-0.39, 0.29) is 17.9 Å². The SMILES string of the molecule is CNC(=O)C1CCCN(C(=O)NCC2CC23CCc2ccccc23)C1. The Balaban J connectivity index is 1.31. The van der Waals surface area contributed by atoms with Crippen LogP contribution in [0.25, 0.3) is 0 Å². The largest absolute Gasteiger partial charge is 0.359 e. The lowest BCUT2D eigenvalue weighted by atomic mass is 9.95. The van der Waals surface area contributed by atoms with Crippen molar-refractivity contribution in [2.75, 3.05) is 26.7 Å². The molecule has 2 fully saturated rings. The Kier molecular flexibility index (Phi) is 4.18. The van der Waals surface area contributed by atoms with Gasteiger partial charge in [-0.15, -0.1) is 0 Å². The lowest BCUT2D eigenvalue weighted by Gasteiger charge is -2.32. The van der Waals surface area contributed by atoms with Crippen LogP contribution in [-0.4, -0.2) is 43.5 Å². The highest BCUT2D eigenvalue weighted by atomic mass is 16.2. The second kappa shape index (κ2) is 6.36. The van der Waals surface area contributed by atoms with Crippen LogP contribution < -0.4 is 10.6 Å². The van der Waals surface area contributed by atoms with Crippen LogP contribution in [0.2, 0.25) is 0 Å². The number of nitrogens with zero attached hydrogens (tertiary/aromatic N) is 1. The van der Waals surface area contributed by atoms with Gasteiger partial charge in [-0.25, -0.2) is 4.79 Å². The number of hydrogen-bond donors (Lipinski definition) is 2. The second-order valence-electron chi connectivity index (χ2n) is 7.80. The highest BCUT2D eigenvalue weighted by Gasteiger charge is 2.57. The molecule has 134 valence electrons. The molecule has 1 saturated heterocycles. The Labute approximate surface area is 149 Å². The molecule has 3 aliphatic rings. The van der Waals surface area contributed by atoms with Gasteiger partial charge in [0.15, 0.2) is 0 Å². The van der Waals surface area contributed by atoms with E-state index < -0.39 is 0 Å². The van der Waals surface area contributed by atoms with Gasteiger partial charge in [-0.05, 0) is 49.1 Å². The number of nitrogens with one attached hydrogen (secondary N) is 2. The third-order valence-corrected chi connectivity index (χ3v) is 6.45. The number of carbonyl (C=O) groups excluding carboxylic acids is 2. The number of aryl methyl sites for hydroxylation is 1. The molecule has 1 saturated carbocycles. The number of amides is 3. The Morgan fingerprint density at radius 3 is 3.00 bits per heavy atom. The Morgan fingerprint density at radius 2 is 2.16 bits per heavy atom. The van der Waals surface area contributed by atoms with Gasteiger partial charge in [0.25, 0.3) is 0 Å². The molecule has 1 spiro atoms. The van der Waals surface area contributed by atoms with E-state index >= 15 is 0 Å². The average molecular weight is 341 g/mol. The fraction of sp³-hybridized carbons (Fsp3) is 0.600. The molecule has 5 nitrogen and oxygen atoms in total. The van der Waals surface area contributed by atoms with Crippen LogP contribution in [0.4, 0.5) is 4.79 Å². The number of fused-ring (bicyclic) bond motifs is 2. The Morgan fingerprint density at radius 1 is 1.32 bits per heavy atom.